The predicted octanol–water partition coefficient (Wildman–Crippen LogP) is 1.76. The molecule has 2 aliphatic rings. The van der Waals surface area contributed by atoms with E-state index in [-0.39, 0.29) is 24.8 Å². The van der Waals surface area contributed by atoms with E-state index in [9.17, 15) is 0 Å². The highest BCUT2D eigenvalue weighted by atomic mass is 35.5. The van der Waals surface area contributed by atoms with Crippen molar-refractivity contribution in [3.05, 3.63) is 17.6 Å². The summed E-state index contributed by atoms with van der Waals surface area (Å²) in [5.74, 6) is 1.95. The van der Waals surface area contributed by atoms with Gasteiger partial charge in [0.2, 0.25) is 0 Å². The van der Waals surface area contributed by atoms with Gasteiger partial charge in [0.1, 0.15) is 11.6 Å². The second-order valence-electron chi connectivity index (χ2n) is 5.39. The van der Waals surface area contributed by atoms with Crippen LogP contribution in [0.4, 0.5) is 5.82 Å². The predicted molar refractivity (Wildman–Crippen MR) is 89.0 cm³/mol. The number of anilines is 1. The SMILES string of the molecule is CCCc1cnc(C)nc1N1C[C@@H]2NCCO[C@H]2C1.Cl.Cl. The van der Waals surface area contributed by atoms with Gasteiger partial charge in [-0.1, -0.05) is 13.3 Å². The maximum Gasteiger partial charge on any atom is 0.135 e. The van der Waals surface area contributed by atoms with Gasteiger partial charge in [-0.05, 0) is 13.3 Å². The Morgan fingerprint density at radius 1 is 1.38 bits per heavy atom. The van der Waals surface area contributed by atoms with E-state index in [1.165, 1.54) is 5.56 Å². The van der Waals surface area contributed by atoms with Gasteiger partial charge >= 0.3 is 0 Å². The fourth-order valence-electron chi connectivity index (χ4n) is 2.97. The van der Waals surface area contributed by atoms with Crippen LogP contribution >= 0.6 is 24.8 Å². The Kier molecular flexibility index (Phi) is 7.13. The second kappa shape index (κ2) is 8.13. The molecule has 1 aromatic rings. The highest BCUT2D eigenvalue weighted by molar-refractivity contribution is 5.85. The Balaban J connectivity index is 0.00000110. The van der Waals surface area contributed by atoms with Crippen molar-refractivity contribution in [3.63, 3.8) is 0 Å². The lowest BCUT2D eigenvalue weighted by molar-refractivity contribution is 0.0212. The lowest BCUT2D eigenvalue weighted by Crippen LogP contribution is -2.47. The third kappa shape index (κ3) is 3.97. The van der Waals surface area contributed by atoms with E-state index in [1.807, 2.05) is 13.1 Å². The molecule has 21 heavy (non-hydrogen) atoms. The van der Waals surface area contributed by atoms with Crippen molar-refractivity contribution >= 4 is 30.6 Å². The minimum atomic E-state index is 0. The van der Waals surface area contributed by atoms with E-state index < -0.39 is 0 Å². The van der Waals surface area contributed by atoms with Crippen LogP contribution in [0.15, 0.2) is 6.20 Å². The molecule has 5 nitrogen and oxygen atoms in total. The van der Waals surface area contributed by atoms with Gasteiger partial charge in [-0.15, -0.1) is 24.8 Å². The summed E-state index contributed by atoms with van der Waals surface area (Å²) in [6.45, 7) is 7.84. The molecule has 1 aromatic heterocycles. The number of rotatable bonds is 3. The Morgan fingerprint density at radius 2 is 2.19 bits per heavy atom. The molecule has 3 heterocycles. The van der Waals surface area contributed by atoms with Gasteiger partial charge in [0.05, 0.1) is 18.8 Å². The molecule has 2 aliphatic heterocycles. The number of ether oxygens (including phenoxy) is 1. The summed E-state index contributed by atoms with van der Waals surface area (Å²) in [7, 11) is 0. The van der Waals surface area contributed by atoms with Crippen LogP contribution < -0.4 is 10.2 Å². The van der Waals surface area contributed by atoms with E-state index in [0.29, 0.717) is 12.1 Å². The molecule has 0 amide bonds. The number of hydrogen-bond acceptors (Lipinski definition) is 5. The number of morpholine rings is 1. The summed E-state index contributed by atoms with van der Waals surface area (Å²) in [4.78, 5) is 11.4. The standard InChI is InChI=1S/C14H22N4O.2ClH/c1-3-4-11-7-16-10(2)17-14(11)18-8-12-13(9-18)19-6-5-15-12;;/h7,12-13,15H,3-6,8-9H2,1-2H3;2*1H/t12-,13-;;/m0../s1. The maximum absolute atomic E-state index is 5.84. The number of aryl methyl sites for hydroxylation is 2. The number of nitrogens with one attached hydrogen (secondary N) is 1. The summed E-state index contributed by atoms with van der Waals surface area (Å²) < 4.78 is 5.84. The Labute approximate surface area is 138 Å². The molecule has 0 spiro atoms. The third-order valence-electron chi connectivity index (χ3n) is 3.89. The summed E-state index contributed by atoms with van der Waals surface area (Å²) in [5, 5.41) is 3.54. The first-order valence-electron chi connectivity index (χ1n) is 7.20. The number of nitrogens with zero attached hydrogens (tertiary/aromatic N) is 3. The Hall–Kier alpha value is -0.620. The first kappa shape index (κ1) is 18.4. The van der Waals surface area contributed by atoms with E-state index in [0.717, 1.165) is 50.7 Å². The average Bonchev–Trinajstić information content (AvgIpc) is 2.84. The summed E-state index contributed by atoms with van der Waals surface area (Å²) in [6, 6.07) is 0.443. The zero-order valence-electron chi connectivity index (χ0n) is 12.5. The first-order valence-corrected chi connectivity index (χ1v) is 7.20. The van der Waals surface area contributed by atoms with Crippen molar-refractivity contribution in [2.24, 2.45) is 0 Å². The summed E-state index contributed by atoms with van der Waals surface area (Å²) >= 11 is 0. The minimum absolute atomic E-state index is 0. The Bertz CT molecular complexity index is 447. The topological polar surface area (TPSA) is 50.3 Å². The van der Waals surface area contributed by atoms with Crippen LogP contribution in [0, 0.1) is 6.92 Å². The highest BCUT2D eigenvalue weighted by Crippen LogP contribution is 2.25. The van der Waals surface area contributed by atoms with Gasteiger partial charge < -0.3 is 15.0 Å². The smallest absolute Gasteiger partial charge is 0.135 e. The number of aromatic nitrogens is 2. The average molecular weight is 335 g/mol. The van der Waals surface area contributed by atoms with Gasteiger partial charge in [0.15, 0.2) is 0 Å². The van der Waals surface area contributed by atoms with Crippen LogP contribution in [0.2, 0.25) is 0 Å². The van der Waals surface area contributed by atoms with Crippen LogP contribution in [0.25, 0.3) is 0 Å². The van der Waals surface area contributed by atoms with Crippen LogP contribution in [-0.4, -0.2) is 48.4 Å². The van der Waals surface area contributed by atoms with Gasteiger partial charge in [-0.25, -0.2) is 9.97 Å². The molecule has 2 atom stereocenters. The largest absolute Gasteiger partial charge is 0.373 e. The van der Waals surface area contributed by atoms with E-state index >= 15 is 0 Å². The van der Waals surface area contributed by atoms with E-state index in [1.54, 1.807) is 0 Å². The monoisotopic (exact) mass is 334 g/mol. The van der Waals surface area contributed by atoms with Gasteiger partial charge in [0, 0.05) is 31.4 Å². The molecule has 0 aliphatic carbocycles. The highest BCUT2D eigenvalue weighted by Gasteiger charge is 2.36. The van der Waals surface area contributed by atoms with Crippen LogP contribution in [0.3, 0.4) is 0 Å². The fourth-order valence-corrected chi connectivity index (χ4v) is 2.97. The van der Waals surface area contributed by atoms with Crippen molar-refractivity contribution in [3.8, 4) is 0 Å². The molecule has 120 valence electrons. The van der Waals surface area contributed by atoms with Gasteiger partial charge in [-0.2, -0.15) is 0 Å². The molecule has 0 aromatic carbocycles. The summed E-state index contributed by atoms with van der Waals surface area (Å²) in [5.41, 5.74) is 1.26. The lowest BCUT2D eigenvalue weighted by Gasteiger charge is -2.25. The van der Waals surface area contributed by atoms with Gasteiger partial charge in [-0.3, -0.25) is 0 Å². The molecule has 0 bridgehead atoms. The molecule has 7 heteroatoms. The van der Waals surface area contributed by atoms with Crippen LogP contribution in [-0.2, 0) is 11.2 Å². The molecule has 3 rings (SSSR count). The molecular weight excluding hydrogens is 311 g/mol. The second-order valence-corrected chi connectivity index (χ2v) is 5.39. The molecule has 2 fully saturated rings. The van der Waals surface area contributed by atoms with Crippen molar-refractivity contribution in [1.82, 2.24) is 15.3 Å². The van der Waals surface area contributed by atoms with Crippen molar-refractivity contribution in [2.75, 3.05) is 31.1 Å². The normalized spacial score (nSPS) is 24.0. The Morgan fingerprint density at radius 3 is 2.90 bits per heavy atom. The number of halogens is 2. The summed E-state index contributed by atoms with van der Waals surface area (Å²) in [6.07, 6.45) is 4.45. The van der Waals surface area contributed by atoms with Crippen molar-refractivity contribution in [2.45, 2.75) is 38.8 Å². The van der Waals surface area contributed by atoms with Crippen LogP contribution in [0.5, 0.6) is 0 Å². The molecule has 0 radical (unpaired) electrons. The van der Waals surface area contributed by atoms with Crippen LogP contribution in [0.1, 0.15) is 24.7 Å². The molecule has 0 saturated carbocycles. The quantitative estimate of drug-likeness (QED) is 0.912. The molecular formula is C14H24Cl2N4O. The van der Waals surface area contributed by atoms with Crippen molar-refractivity contribution in [1.29, 1.82) is 0 Å². The van der Waals surface area contributed by atoms with E-state index in [4.69, 9.17) is 4.74 Å². The number of fused-ring (bicyclic) bond motifs is 1. The lowest BCUT2D eigenvalue weighted by atomic mass is 10.2. The fraction of sp³-hybridized carbons (Fsp3) is 0.714. The van der Waals surface area contributed by atoms with E-state index in [2.05, 4.69) is 27.1 Å². The van der Waals surface area contributed by atoms with Gasteiger partial charge in [0.25, 0.3) is 0 Å². The first-order chi connectivity index (χ1) is 9.28. The zero-order chi connectivity index (χ0) is 13.2. The molecule has 2 saturated heterocycles. The molecule has 1 N–H and O–H groups in total. The zero-order valence-corrected chi connectivity index (χ0v) is 14.2. The molecule has 0 unspecified atom stereocenters. The van der Waals surface area contributed by atoms with Crippen molar-refractivity contribution < 1.29 is 4.74 Å². The number of hydrogen-bond donors (Lipinski definition) is 1. The maximum atomic E-state index is 5.84. The third-order valence-corrected chi connectivity index (χ3v) is 3.89. The minimum Gasteiger partial charge on any atom is -0.373 e.